The smallest absolute Gasteiger partial charge is 0.367 e. The van der Waals surface area contributed by atoms with E-state index in [1.807, 2.05) is 0 Å². The summed E-state index contributed by atoms with van der Waals surface area (Å²) in [5.74, 6) is -0.541. The Balaban J connectivity index is 1.79. The molecule has 5 nitrogen and oxygen atoms in total. The number of alkyl halides is 3. The van der Waals surface area contributed by atoms with Crippen LogP contribution in [-0.4, -0.2) is 42.9 Å². The van der Waals surface area contributed by atoms with Gasteiger partial charge in [0.15, 0.2) is 0 Å². The highest BCUT2D eigenvalue weighted by molar-refractivity contribution is 5.94. The monoisotopic (exact) mass is 367 g/mol. The van der Waals surface area contributed by atoms with Gasteiger partial charge in [-0.05, 0) is 37.1 Å². The highest BCUT2D eigenvalue weighted by Gasteiger charge is 2.36. The molecule has 26 heavy (non-hydrogen) atoms. The van der Waals surface area contributed by atoms with Gasteiger partial charge in [-0.1, -0.05) is 6.58 Å². The Morgan fingerprint density at radius 1 is 1.15 bits per heavy atom. The van der Waals surface area contributed by atoms with Gasteiger partial charge in [0.05, 0.1) is 5.56 Å². The van der Waals surface area contributed by atoms with Crippen molar-refractivity contribution in [1.82, 2.24) is 4.90 Å². The Morgan fingerprint density at radius 3 is 2.35 bits per heavy atom. The van der Waals surface area contributed by atoms with Crippen molar-refractivity contribution < 1.29 is 22.8 Å². The van der Waals surface area contributed by atoms with Crippen molar-refractivity contribution in [3.05, 3.63) is 36.4 Å². The molecule has 0 aromatic heterocycles. The molecular formula is C18H20F3N3O2. The fraction of sp³-hybridized carbons (Fsp3) is 0.444. The van der Waals surface area contributed by atoms with E-state index in [0.717, 1.165) is 18.9 Å². The van der Waals surface area contributed by atoms with Crippen molar-refractivity contribution in [1.29, 1.82) is 0 Å². The van der Waals surface area contributed by atoms with Crippen LogP contribution in [0.1, 0.15) is 18.4 Å². The largest absolute Gasteiger partial charge is 0.418 e. The van der Waals surface area contributed by atoms with Crippen molar-refractivity contribution >= 4 is 23.2 Å². The third kappa shape index (κ3) is 4.00. The summed E-state index contributed by atoms with van der Waals surface area (Å²) < 4.78 is 40.6. The number of nitrogens with zero attached hydrogens (tertiary/aromatic N) is 2. The summed E-state index contributed by atoms with van der Waals surface area (Å²) in [6.07, 6.45) is -1.77. The molecule has 3 rings (SSSR count). The van der Waals surface area contributed by atoms with E-state index in [2.05, 4.69) is 11.9 Å². The molecule has 140 valence electrons. The molecule has 0 atom stereocenters. The molecule has 2 fully saturated rings. The zero-order chi connectivity index (χ0) is 18.9. The maximum absolute atomic E-state index is 13.5. The minimum atomic E-state index is -4.54. The molecule has 8 heteroatoms. The Bertz CT molecular complexity index is 721. The fourth-order valence-corrected chi connectivity index (χ4v) is 3.00. The lowest BCUT2D eigenvalue weighted by Gasteiger charge is -2.36. The molecule has 0 bridgehead atoms. The first-order valence-electron chi connectivity index (χ1n) is 8.48. The predicted molar refractivity (Wildman–Crippen MR) is 91.8 cm³/mol. The molecule has 1 saturated carbocycles. The Hall–Kier alpha value is -2.51. The average molecular weight is 367 g/mol. The molecule has 0 radical (unpaired) electrons. The van der Waals surface area contributed by atoms with Gasteiger partial charge in [0.1, 0.15) is 0 Å². The van der Waals surface area contributed by atoms with Gasteiger partial charge in [0.2, 0.25) is 11.8 Å². The molecule has 2 amide bonds. The molecule has 1 saturated heterocycles. The number of anilines is 2. The van der Waals surface area contributed by atoms with E-state index < -0.39 is 11.7 Å². The van der Waals surface area contributed by atoms with Crippen LogP contribution in [-0.2, 0) is 15.8 Å². The van der Waals surface area contributed by atoms with Crippen molar-refractivity contribution in [3.63, 3.8) is 0 Å². The van der Waals surface area contributed by atoms with E-state index in [1.54, 1.807) is 9.80 Å². The molecule has 1 aliphatic carbocycles. The summed E-state index contributed by atoms with van der Waals surface area (Å²) in [6, 6.07) is 3.86. The van der Waals surface area contributed by atoms with Gasteiger partial charge in [-0.3, -0.25) is 9.59 Å². The number of nitrogens with one attached hydrogen (secondary N) is 1. The summed E-state index contributed by atoms with van der Waals surface area (Å²) in [5, 5.41) is 2.55. The number of carbonyl (C=O) groups excluding carboxylic acids is 2. The Kier molecular flexibility index (Phi) is 4.93. The highest BCUT2D eigenvalue weighted by atomic mass is 19.4. The van der Waals surface area contributed by atoms with Gasteiger partial charge in [-0.25, -0.2) is 0 Å². The molecule has 0 unspecified atom stereocenters. The summed E-state index contributed by atoms with van der Waals surface area (Å²) in [7, 11) is 0. The standard InChI is InChI=1S/C18H20F3N3O2/c1-2-16(25)24-9-7-23(8-10-24)15-6-5-13(11-14(15)18(19,20)21)22-17(26)12-3-4-12/h2,5-6,11-12H,1,3-4,7-10H2,(H,22,26). The first-order valence-corrected chi connectivity index (χ1v) is 8.48. The molecular weight excluding hydrogens is 347 g/mol. The maximum Gasteiger partial charge on any atom is 0.418 e. The van der Waals surface area contributed by atoms with Crippen LogP contribution in [0.15, 0.2) is 30.9 Å². The first-order chi connectivity index (χ1) is 12.3. The van der Waals surface area contributed by atoms with Gasteiger partial charge >= 0.3 is 6.18 Å². The van der Waals surface area contributed by atoms with Crippen molar-refractivity contribution in [3.8, 4) is 0 Å². The topological polar surface area (TPSA) is 52.7 Å². The van der Waals surface area contributed by atoms with Crippen LogP contribution < -0.4 is 10.2 Å². The van der Waals surface area contributed by atoms with Crippen LogP contribution in [0.5, 0.6) is 0 Å². The molecule has 1 aliphatic heterocycles. The van der Waals surface area contributed by atoms with Gasteiger partial charge in [0.25, 0.3) is 0 Å². The second-order valence-corrected chi connectivity index (χ2v) is 6.51. The predicted octanol–water partition coefficient (Wildman–Crippen LogP) is 2.89. The molecule has 1 heterocycles. The van der Waals surface area contributed by atoms with Crippen molar-refractivity contribution in [2.24, 2.45) is 5.92 Å². The molecule has 1 aromatic carbocycles. The molecule has 0 spiro atoms. The SMILES string of the molecule is C=CC(=O)N1CCN(c2ccc(NC(=O)C3CC3)cc2C(F)(F)F)CC1. The van der Waals surface area contributed by atoms with E-state index >= 15 is 0 Å². The second kappa shape index (κ2) is 7.01. The van der Waals surface area contributed by atoms with Crippen LogP contribution in [0.3, 0.4) is 0 Å². The van der Waals surface area contributed by atoms with Gasteiger partial charge in [-0.15, -0.1) is 0 Å². The number of amides is 2. The van der Waals surface area contributed by atoms with Crippen LogP contribution in [0.2, 0.25) is 0 Å². The second-order valence-electron chi connectivity index (χ2n) is 6.51. The van der Waals surface area contributed by atoms with E-state index in [-0.39, 0.29) is 29.1 Å². The van der Waals surface area contributed by atoms with Crippen LogP contribution in [0.25, 0.3) is 0 Å². The third-order valence-electron chi connectivity index (χ3n) is 4.62. The van der Waals surface area contributed by atoms with Gasteiger partial charge in [-0.2, -0.15) is 13.2 Å². The van der Waals surface area contributed by atoms with Crippen LogP contribution >= 0.6 is 0 Å². The minimum absolute atomic E-state index is 0.0626. The summed E-state index contributed by atoms with van der Waals surface area (Å²) in [6.45, 7) is 4.70. The zero-order valence-electron chi connectivity index (χ0n) is 14.2. The average Bonchev–Trinajstić information content (AvgIpc) is 3.45. The number of halogens is 3. The lowest BCUT2D eigenvalue weighted by Crippen LogP contribution is -2.48. The summed E-state index contributed by atoms with van der Waals surface area (Å²) >= 11 is 0. The number of rotatable bonds is 4. The fourth-order valence-electron chi connectivity index (χ4n) is 3.00. The maximum atomic E-state index is 13.5. The van der Waals surface area contributed by atoms with E-state index in [9.17, 15) is 22.8 Å². The number of hydrogen-bond donors (Lipinski definition) is 1. The highest BCUT2D eigenvalue weighted by Crippen LogP contribution is 2.39. The summed E-state index contributed by atoms with van der Waals surface area (Å²) in [5.41, 5.74) is -0.569. The number of carbonyl (C=O) groups is 2. The lowest BCUT2D eigenvalue weighted by atomic mass is 10.1. The number of benzene rings is 1. The van der Waals surface area contributed by atoms with E-state index in [1.165, 1.54) is 18.2 Å². The minimum Gasteiger partial charge on any atom is -0.367 e. The number of piperazine rings is 1. The molecule has 1 N–H and O–H groups in total. The molecule has 1 aromatic rings. The Morgan fingerprint density at radius 2 is 1.81 bits per heavy atom. The normalized spacial score (nSPS) is 17.8. The van der Waals surface area contributed by atoms with E-state index in [4.69, 9.17) is 0 Å². The lowest BCUT2D eigenvalue weighted by molar-refractivity contribution is -0.137. The Labute approximate surface area is 149 Å². The van der Waals surface area contributed by atoms with Crippen molar-refractivity contribution in [2.75, 3.05) is 36.4 Å². The van der Waals surface area contributed by atoms with E-state index in [0.29, 0.717) is 26.2 Å². The zero-order valence-corrected chi connectivity index (χ0v) is 14.2. The van der Waals surface area contributed by atoms with Crippen molar-refractivity contribution in [2.45, 2.75) is 19.0 Å². The number of hydrogen-bond acceptors (Lipinski definition) is 3. The van der Waals surface area contributed by atoms with Gasteiger partial charge < -0.3 is 15.1 Å². The quantitative estimate of drug-likeness (QED) is 0.833. The van der Waals surface area contributed by atoms with Gasteiger partial charge in [0, 0.05) is 43.5 Å². The summed E-state index contributed by atoms with van der Waals surface area (Å²) in [4.78, 5) is 26.6. The van der Waals surface area contributed by atoms with Crippen LogP contribution in [0, 0.1) is 5.92 Å². The first kappa shape index (κ1) is 18.3. The molecule has 2 aliphatic rings. The van der Waals surface area contributed by atoms with Crippen LogP contribution in [0.4, 0.5) is 24.5 Å². The third-order valence-corrected chi connectivity index (χ3v) is 4.62.